The molecule has 0 bridgehead atoms. The van der Waals surface area contributed by atoms with E-state index >= 15 is 0 Å². The van der Waals surface area contributed by atoms with Crippen LogP contribution in [-0.2, 0) is 10.2 Å². The van der Waals surface area contributed by atoms with Crippen LogP contribution in [0.5, 0.6) is 5.75 Å². The SMILES string of the molecule is COc1ccc2c(c1)C1(CCN(C(=O)Nc3cccc(F)c3)C1)C(=O)N2. The summed E-state index contributed by atoms with van der Waals surface area (Å²) in [4.78, 5) is 26.8. The van der Waals surface area contributed by atoms with Crippen molar-refractivity contribution in [1.29, 1.82) is 0 Å². The van der Waals surface area contributed by atoms with Gasteiger partial charge in [0.05, 0.1) is 12.5 Å². The molecule has 3 amide bonds. The van der Waals surface area contributed by atoms with Gasteiger partial charge in [-0.25, -0.2) is 9.18 Å². The summed E-state index contributed by atoms with van der Waals surface area (Å²) in [7, 11) is 1.58. The molecule has 1 saturated heterocycles. The number of rotatable bonds is 2. The number of nitrogens with zero attached hydrogens (tertiary/aromatic N) is 1. The maximum absolute atomic E-state index is 13.3. The first-order valence-electron chi connectivity index (χ1n) is 8.33. The highest BCUT2D eigenvalue weighted by molar-refractivity contribution is 6.07. The van der Waals surface area contributed by atoms with Gasteiger partial charge in [0.2, 0.25) is 5.91 Å². The van der Waals surface area contributed by atoms with E-state index in [1.165, 1.54) is 18.2 Å². The molecule has 1 spiro atoms. The summed E-state index contributed by atoms with van der Waals surface area (Å²) >= 11 is 0. The first-order valence-corrected chi connectivity index (χ1v) is 8.33. The number of benzene rings is 2. The topological polar surface area (TPSA) is 70.7 Å². The average Bonchev–Trinajstić information content (AvgIpc) is 3.19. The Morgan fingerprint density at radius 3 is 2.92 bits per heavy atom. The fourth-order valence-electron chi connectivity index (χ4n) is 3.68. The van der Waals surface area contributed by atoms with Crippen LogP contribution in [0.15, 0.2) is 42.5 Å². The van der Waals surface area contributed by atoms with Gasteiger partial charge in [-0.1, -0.05) is 6.07 Å². The lowest BCUT2D eigenvalue weighted by atomic mass is 9.81. The molecule has 2 aliphatic heterocycles. The van der Waals surface area contributed by atoms with Crippen molar-refractivity contribution in [2.24, 2.45) is 0 Å². The molecule has 0 aliphatic carbocycles. The third kappa shape index (κ3) is 2.56. The molecule has 4 rings (SSSR count). The Balaban J connectivity index is 1.57. The molecule has 1 atom stereocenters. The minimum absolute atomic E-state index is 0.109. The number of urea groups is 1. The van der Waals surface area contributed by atoms with Crippen LogP contribution in [0.2, 0.25) is 0 Å². The Hall–Kier alpha value is -3.09. The maximum Gasteiger partial charge on any atom is 0.321 e. The molecule has 2 N–H and O–H groups in total. The molecular formula is C19H18FN3O3. The predicted octanol–water partition coefficient (Wildman–Crippen LogP) is 2.96. The van der Waals surface area contributed by atoms with Crippen LogP contribution in [0.4, 0.5) is 20.6 Å². The number of nitrogens with one attached hydrogen (secondary N) is 2. The molecule has 7 heteroatoms. The van der Waals surface area contributed by atoms with Crippen LogP contribution < -0.4 is 15.4 Å². The van der Waals surface area contributed by atoms with Crippen molar-refractivity contribution in [2.75, 3.05) is 30.8 Å². The molecule has 0 aromatic heterocycles. The van der Waals surface area contributed by atoms with E-state index in [1.54, 1.807) is 24.1 Å². The summed E-state index contributed by atoms with van der Waals surface area (Å²) in [6, 6.07) is 10.8. The monoisotopic (exact) mass is 355 g/mol. The lowest BCUT2D eigenvalue weighted by molar-refractivity contribution is -0.120. The molecule has 26 heavy (non-hydrogen) atoms. The Labute approximate surface area is 149 Å². The number of carbonyl (C=O) groups is 2. The van der Waals surface area contributed by atoms with Gasteiger partial charge in [-0.3, -0.25) is 4.79 Å². The van der Waals surface area contributed by atoms with E-state index in [9.17, 15) is 14.0 Å². The molecule has 6 nitrogen and oxygen atoms in total. The largest absolute Gasteiger partial charge is 0.497 e. The number of anilines is 2. The van der Waals surface area contributed by atoms with Crippen molar-refractivity contribution >= 4 is 23.3 Å². The van der Waals surface area contributed by atoms with Crippen LogP contribution in [0.3, 0.4) is 0 Å². The van der Waals surface area contributed by atoms with Crippen LogP contribution in [-0.4, -0.2) is 37.0 Å². The molecule has 0 radical (unpaired) electrons. The fourth-order valence-corrected chi connectivity index (χ4v) is 3.68. The van der Waals surface area contributed by atoms with Gasteiger partial charge in [-0.2, -0.15) is 0 Å². The first-order chi connectivity index (χ1) is 12.5. The summed E-state index contributed by atoms with van der Waals surface area (Å²) in [6.07, 6.45) is 0.523. The normalized spacial score (nSPS) is 20.8. The Morgan fingerprint density at radius 1 is 1.31 bits per heavy atom. The van der Waals surface area contributed by atoms with Crippen molar-refractivity contribution in [3.05, 3.63) is 53.8 Å². The van der Waals surface area contributed by atoms with Crippen LogP contribution >= 0.6 is 0 Å². The first kappa shape index (κ1) is 16.4. The van der Waals surface area contributed by atoms with Crippen LogP contribution in [0, 0.1) is 5.82 Å². The van der Waals surface area contributed by atoms with E-state index in [4.69, 9.17) is 4.74 Å². The van der Waals surface area contributed by atoms with Gasteiger partial charge in [0.1, 0.15) is 11.6 Å². The van der Waals surface area contributed by atoms with E-state index in [1.807, 2.05) is 12.1 Å². The van der Waals surface area contributed by atoms with Gasteiger partial charge < -0.3 is 20.3 Å². The summed E-state index contributed by atoms with van der Waals surface area (Å²) in [5.74, 6) is 0.140. The number of ether oxygens (including phenoxy) is 1. The zero-order chi connectivity index (χ0) is 18.3. The highest BCUT2D eigenvalue weighted by Crippen LogP contribution is 2.45. The minimum Gasteiger partial charge on any atom is -0.497 e. The van der Waals surface area contributed by atoms with Gasteiger partial charge in [-0.15, -0.1) is 0 Å². The fraction of sp³-hybridized carbons (Fsp3) is 0.263. The number of halogens is 1. The van der Waals surface area contributed by atoms with E-state index < -0.39 is 11.2 Å². The second kappa shape index (κ2) is 6.01. The molecular weight excluding hydrogens is 337 g/mol. The number of hydrogen-bond donors (Lipinski definition) is 2. The van der Waals surface area contributed by atoms with E-state index in [-0.39, 0.29) is 18.5 Å². The number of amides is 3. The third-order valence-corrected chi connectivity index (χ3v) is 5.06. The molecule has 2 heterocycles. The Morgan fingerprint density at radius 2 is 2.15 bits per heavy atom. The lowest BCUT2D eigenvalue weighted by Crippen LogP contribution is -2.40. The summed E-state index contributed by atoms with van der Waals surface area (Å²) in [6.45, 7) is 0.700. The molecule has 2 aromatic carbocycles. The quantitative estimate of drug-likeness (QED) is 0.870. The second-order valence-corrected chi connectivity index (χ2v) is 6.56. The predicted molar refractivity (Wildman–Crippen MR) is 94.9 cm³/mol. The molecule has 1 fully saturated rings. The van der Waals surface area contributed by atoms with Crippen molar-refractivity contribution in [3.63, 3.8) is 0 Å². The standard InChI is InChI=1S/C19H18FN3O3/c1-26-14-5-6-16-15(10-14)19(17(24)22-16)7-8-23(11-19)18(25)21-13-4-2-3-12(20)9-13/h2-6,9-10H,7-8,11H2,1H3,(H,21,25)(H,22,24). The van der Waals surface area contributed by atoms with Crippen molar-refractivity contribution < 1.29 is 18.7 Å². The number of hydrogen-bond acceptors (Lipinski definition) is 3. The van der Waals surface area contributed by atoms with Gasteiger partial charge in [0.25, 0.3) is 0 Å². The smallest absolute Gasteiger partial charge is 0.321 e. The Kier molecular flexibility index (Phi) is 3.79. The highest BCUT2D eigenvalue weighted by Gasteiger charge is 2.52. The van der Waals surface area contributed by atoms with Crippen LogP contribution in [0.25, 0.3) is 0 Å². The minimum atomic E-state index is -0.775. The average molecular weight is 355 g/mol. The molecule has 2 aliphatic rings. The molecule has 1 unspecified atom stereocenters. The Bertz CT molecular complexity index is 901. The van der Waals surface area contributed by atoms with E-state index in [0.717, 1.165) is 11.3 Å². The number of carbonyl (C=O) groups excluding carboxylic acids is 2. The van der Waals surface area contributed by atoms with Crippen LogP contribution in [0.1, 0.15) is 12.0 Å². The third-order valence-electron chi connectivity index (χ3n) is 5.06. The number of likely N-dealkylation sites (tertiary alicyclic amines) is 1. The van der Waals surface area contributed by atoms with E-state index in [2.05, 4.69) is 10.6 Å². The van der Waals surface area contributed by atoms with Gasteiger partial charge in [0.15, 0.2) is 0 Å². The summed E-state index contributed by atoms with van der Waals surface area (Å²) in [5.41, 5.74) is 1.21. The van der Waals surface area contributed by atoms with Crippen molar-refractivity contribution in [2.45, 2.75) is 11.8 Å². The van der Waals surface area contributed by atoms with Gasteiger partial charge >= 0.3 is 6.03 Å². The molecule has 2 aromatic rings. The van der Waals surface area contributed by atoms with Crippen molar-refractivity contribution in [3.8, 4) is 5.75 Å². The van der Waals surface area contributed by atoms with Gasteiger partial charge in [0, 0.05) is 24.5 Å². The highest BCUT2D eigenvalue weighted by atomic mass is 19.1. The van der Waals surface area contributed by atoms with Crippen molar-refractivity contribution in [1.82, 2.24) is 4.90 Å². The summed E-state index contributed by atoms with van der Waals surface area (Å²) < 4.78 is 18.6. The summed E-state index contributed by atoms with van der Waals surface area (Å²) in [5, 5.41) is 5.58. The number of methoxy groups -OCH3 is 1. The van der Waals surface area contributed by atoms with Gasteiger partial charge in [-0.05, 0) is 48.4 Å². The second-order valence-electron chi connectivity index (χ2n) is 6.56. The maximum atomic E-state index is 13.3. The zero-order valence-electron chi connectivity index (χ0n) is 14.2. The lowest BCUT2D eigenvalue weighted by Gasteiger charge is -2.23. The zero-order valence-corrected chi connectivity index (χ0v) is 14.2. The molecule has 134 valence electrons. The number of fused-ring (bicyclic) bond motifs is 2. The molecule has 0 saturated carbocycles. The van der Waals surface area contributed by atoms with E-state index in [0.29, 0.717) is 24.4 Å².